The summed E-state index contributed by atoms with van der Waals surface area (Å²) in [7, 11) is 0. The van der Waals surface area contributed by atoms with E-state index in [1.165, 1.54) is 0 Å². The second kappa shape index (κ2) is 14.9. The number of hydrogen-bond acceptors (Lipinski definition) is 9. The van der Waals surface area contributed by atoms with Crippen molar-refractivity contribution in [2.45, 2.75) is 0 Å². The van der Waals surface area contributed by atoms with E-state index in [1.807, 2.05) is 127 Å². The highest BCUT2D eigenvalue weighted by molar-refractivity contribution is 6.68. The van der Waals surface area contributed by atoms with Crippen LogP contribution in [0.15, 0.2) is 165 Å². The maximum absolute atomic E-state index is 8.93. The maximum Gasteiger partial charge on any atom is 0.0892 e. The number of benzene rings is 1. The van der Waals surface area contributed by atoms with E-state index in [1.54, 1.807) is 37.2 Å². The van der Waals surface area contributed by atoms with Crippen LogP contribution in [-0.2, 0) is 0 Å². The number of nitrogens with one attached hydrogen (secondary N) is 2. The Hall–Kier alpha value is -7.26. The number of nitrogen functional groups attached to an aromatic ring is 1. The van der Waals surface area contributed by atoms with Crippen LogP contribution in [0, 0.1) is 10.8 Å². The quantitative estimate of drug-likeness (QED) is 0.119. The molecule has 8 rings (SSSR count). The number of nitrogens with zero attached hydrogens (tertiary/aromatic N) is 6. The highest BCUT2D eigenvalue weighted by Gasteiger charge is 2.22. The fraction of sp³-hybridized carbons (Fsp3) is 0. The molecule has 1 aliphatic carbocycles. The van der Waals surface area contributed by atoms with Crippen molar-refractivity contribution < 1.29 is 0 Å². The fourth-order valence-corrected chi connectivity index (χ4v) is 5.54. The van der Waals surface area contributed by atoms with Crippen LogP contribution in [-0.4, -0.2) is 41.3 Å². The van der Waals surface area contributed by atoms with Gasteiger partial charge >= 0.3 is 0 Å². The van der Waals surface area contributed by atoms with Gasteiger partial charge in [-0.05, 0) is 96.1 Å². The van der Waals surface area contributed by atoms with E-state index >= 15 is 0 Å². The lowest BCUT2D eigenvalue weighted by Gasteiger charge is -2.18. The third-order valence-electron chi connectivity index (χ3n) is 8.11. The van der Waals surface area contributed by atoms with Gasteiger partial charge in [0.1, 0.15) is 0 Å². The topological polar surface area (TPSA) is 151 Å². The van der Waals surface area contributed by atoms with Crippen molar-refractivity contribution in [2.75, 3.05) is 5.73 Å². The van der Waals surface area contributed by atoms with E-state index in [9.17, 15) is 0 Å². The molecule has 0 amide bonds. The minimum Gasteiger partial charge on any atom is -0.399 e. The molecular weight excluding hydrogens is 631 g/mol. The monoisotopic (exact) mass is 661 g/mol. The lowest BCUT2D eigenvalue weighted by atomic mass is 9.86. The zero-order chi connectivity index (χ0) is 35.0. The van der Waals surface area contributed by atoms with Crippen molar-refractivity contribution in [2.24, 2.45) is 0 Å². The first-order valence-corrected chi connectivity index (χ1v) is 16.1. The van der Waals surface area contributed by atoms with Crippen molar-refractivity contribution >= 4 is 28.3 Å². The minimum absolute atomic E-state index is 0.142. The summed E-state index contributed by atoms with van der Waals surface area (Å²) in [4.78, 5) is 26.9. The molecule has 4 N–H and O–H groups in total. The van der Waals surface area contributed by atoms with Crippen molar-refractivity contribution in [1.29, 1.82) is 10.8 Å². The van der Waals surface area contributed by atoms with E-state index in [2.05, 4.69) is 29.9 Å². The van der Waals surface area contributed by atoms with Crippen molar-refractivity contribution in [3.8, 4) is 45.3 Å². The smallest absolute Gasteiger partial charge is 0.0892 e. The number of anilines is 1. The fourth-order valence-electron chi connectivity index (χ4n) is 5.54. The summed E-state index contributed by atoms with van der Waals surface area (Å²) in [5, 5.41) is 17.9. The number of hydrogen-bond donors (Lipinski definition) is 3. The normalized spacial score (nSPS) is 12.3. The Labute approximate surface area is 295 Å². The lowest BCUT2D eigenvalue weighted by Crippen LogP contribution is -2.18. The Morgan fingerprint density at radius 1 is 0.353 bits per heavy atom. The molecule has 9 nitrogen and oxygen atoms in total. The van der Waals surface area contributed by atoms with Crippen LogP contribution in [0.5, 0.6) is 0 Å². The molecule has 0 atom stereocenters. The number of aromatic nitrogens is 6. The maximum atomic E-state index is 8.93. The standard InChI is InChI=1S/C36H24N8.C6H7N/c37-35-27(23-9-15-41-31(19-23)25-11-17-43-33(21-25)29-5-1-3-13-39-29)7-8-28(36(35)38)24-10-16-42-32(20-24)26-12-18-44-34(22-26)30-6-2-4-14-40-30;7-6-4-2-1-3-5-6/h1-22,37-38H;1-5H,7H2. The first kappa shape index (κ1) is 32.3. The number of allylic oxidation sites excluding steroid dienone is 4. The largest absolute Gasteiger partial charge is 0.399 e. The predicted molar refractivity (Wildman–Crippen MR) is 204 cm³/mol. The Kier molecular flexibility index (Phi) is 9.42. The highest BCUT2D eigenvalue weighted by atomic mass is 14.8. The Morgan fingerprint density at radius 3 is 1.12 bits per heavy atom. The Morgan fingerprint density at radius 2 is 0.725 bits per heavy atom. The molecule has 0 unspecified atom stereocenters. The summed E-state index contributed by atoms with van der Waals surface area (Å²) in [5.74, 6) is 0. The van der Waals surface area contributed by atoms with Crippen LogP contribution in [0.25, 0.3) is 56.4 Å². The molecule has 1 aliphatic rings. The van der Waals surface area contributed by atoms with Gasteiger partial charge in [-0.3, -0.25) is 40.7 Å². The third kappa shape index (κ3) is 7.43. The second-order valence-electron chi connectivity index (χ2n) is 11.5. The molecule has 0 radical (unpaired) electrons. The van der Waals surface area contributed by atoms with Crippen LogP contribution in [0.2, 0.25) is 0 Å². The lowest BCUT2D eigenvalue weighted by molar-refractivity contribution is 1.24. The molecule has 0 spiro atoms. The van der Waals surface area contributed by atoms with Crippen LogP contribution < -0.4 is 5.73 Å². The summed E-state index contributed by atoms with van der Waals surface area (Å²) >= 11 is 0. The van der Waals surface area contributed by atoms with Gasteiger partial charge in [0.15, 0.2) is 0 Å². The molecule has 0 saturated carbocycles. The van der Waals surface area contributed by atoms with Crippen LogP contribution in [0.1, 0.15) is 11.1 Å². The molecular formula is C42H31N9. The summed E-state index contributed by atoms with van der Waals surface area (Å²) in [6.45, 7) is 0. The molecule has 6 heterocycles. The number of nitrogens with two attached hydrogens (primary N) is 1. The Bertz CT molecular complexity index is 2250. The molecule has 51 heavy (non-hydrogen) atoms. The molecule has 0 bridgehead atoms. The summed E-state index contributed by atoms with van der Waals surface area (Å²) in [6.07, 6.45) is 14.2. The van der Waals surface area contributed by atoms with Gasteiger partial charge in [-0.25, -0.2) is 0 Å². The highest BCUT2D eigenvalue weighted by Crippen LogP contribution is 2.31. The van der Waals surface area contributed by atoms with E-state index in [4.69, 9.17) is 16.6 Å². The van der Waals surface area contributed by atoms with Gasteiger partial charge in [-0.2, -0.15) is 0 Å². The molecule has 9 heteroatoms. The van der Waals surface area contributed by atoms with Crippen LogP contribution >= 0.6 is 0 Å². The predicted octanol–water partition coefficient (Wildman–Crippen LogP) is 8.51. The van der Waals surface area contributed by atoms with Gasteiger partial charge in [0.2, 0.25) is 0 Å². The average molecular weight is 662 g/mol. The number of para-hydroxylation sites is 1. The van der Waals surface area contributed by atoms with Gasteiger partial charge in [0.05, 0.1) is 45.6 Å². The summed E-state index contributed by atoms with van der Waals surface area (Å²) in [5.41, 5.74) is 15.8. The molecule has 0 fully saturated rings. The van der Waals surface area contributed by atoms with Crippen LogP contribution in [0.3, 0.4) is 0 Å². The molecule has 0 aliphatic heterocycles. The number of pyridine rings is 6. The van der Waals surface area contributed by atoms with Crippen molar-refractivity contribution in [3.63, 3.8) is 0 Å². The summed E-state index contributed by atoms with van der Waals surface area (Å²) < 4.78 is 0. The average Bonchev–Trinajstić information content (AvgIpc) is 3.20. The first-order valence-electron chi connectivity index (χ1n) is 16.1. The van der Waals surface area contributed by atoms with Crippen molar-refractivity contribution in [3.05, 3.63) is 176 Å². The first-order chi connectivity index (χ1) is 25.0. The SMILES string of the molecule is N=C1C(=N)C(c2ccnc(-c3ccnc(-c4ccccn4)c3)c2)=CC=C1c1ccnc(-c2ccnc(-c3ccccn3)c2)c1.Nc1ccccc1. The van der Waals surface area contributed by atoms with Gasteiger partial charge in [0.25, 0.3) is 0 Å². The zero-order valence-electron chi connectivity index (χ0n) is 27.3. The van der Waals surface area contributed by atoms with E-state index in [0.29, 0.717) is 11.1 Å². The van der Waals surface area contributed by atoms with E-state index in [0.717, 1.165) is 62.1 Å². The van der Waals surface area contributed by atoms with Gasteiger partial charge < -0.3 is 5.73 Å². The number of rotatable bonds is 6. The van der Waals surface area contributed by atoms with Gasteiger partial charge in [0, 0.05) is 65.1 Å². The van der Waals surface area contributed by atoms with Crippen molar-refractivity contribution in [1.82, 2.24) is 29.9 Å². The minimum atomic E-state index is 0.142. The third-order valence-corrected chi connectivity index (χ3v) is 8.11. The summed E-state index contributed by atoms with van der Waals surface area (Å²) in [6, 6.07) is 36.3. The van der Waals surface area contributed by atoms with Gasteiger partial charge in [-0.1, -0.05) is 42.5 Å². The molecule has 7 aromatic rings. The Balaban J connectivity index is 0.000000520. The van der Waals surface area contributed by atoms with E-state index < -0.39 is 0 Å². The second-order valence-corrected chi connectivity index (χ2v) is 11.5. The van der Waals surface area contributed by atoms with Crippen LogP contribution in [0.4, 0.5) is 5.69 Å². The van der Waals surface area contributed by atoms with E-state index in [-0.39, 0.29) is 11.4 Å². The molecule has 6 aromatic heterocycles. The molecule has 1 aromatic carbocycles. The molecule has 244 valence electrons. The molecule has 0 saturated heterocycles. The zero-order valence-corrected chi connectivity index (χ0v) is 27.3. The van der Waals surface area contributed by atoms with Gasteiger partial charge in [-0.15, -0.1) is 0 Å².